The molecule has 1 aliphatic rings. The molecule has 1 aromatic heterocycles. The fourth-order valence-electron chi connectivity index (χ4n) is 3.64. The van der Waals surface area contributed by atoms with E-state index in [-0.39, 0.29) is 17.1 Å². The van der Waals surface area contributed by atoms with Gasteiger partial charge in [-0.1, -0.05) is 12.1 Å². The van der Waals surface area contributed by atoms with Crippen LogP contribution >= 0.6 is 0 Å². The number of pyridine rings is 1. The largest absolute Gasteiger partial charge is 0.367 e. The maximum atomic E-state index is 14.8. The molecule has 0 saturated carbocycles. The number of anilines is 1. The first kappa shape index (κ1) is 17.7. The van der Waals surface area contributed by atoms with E-state index in [9.17, 15) is 13.6 Å². The number of rotatable bonds is 3. The van der Waals surface area contributed by atoms with Crippen molar-refractivity contribution in [2.75, 3.05) is 31.1 Å². The van der Waals surface area contributed by atoms with Gasteiger partial charge in [0.25, 0.3) is 0 Å². The van der Waals surface area contributed by atoms with Crippen molar-refractivity contribution in [3.05, 3.63) is 64.5 Å². The van der Waals surface area contributed by atoms with Crippen molar-refractivity contribution in [1.82, 2.24) is 9.88 Å². The number of piperazine rings is 1. The molecule has 3 aromatic rings. The third-order valence-corrected chi connectivity index (χ3v) is 5.10. The van der Waals surface area contributed by atoms with Crippen LogP contribution in [-0.4, -0.2) is 30.7 Å². The van der Waals surface area contributed by atoms with E-state index in [4.69, 9.17) is 0 Å². The highest BCUT2D eigenvalue weighted by Gasteiger charge is 2.18. The number of nitrogens with one attached hydrogen (secondary N) is 1. The zero-order valence-electron chi connectivity index (χ0n) is 15.1. The molecule has 140 valence electrons. The van der Waals surface area contributed by atoms with Gasteiger partial charge in [-0.25, -0.2) is 8.78 Å². The summed E-state index contributed by atoms with van der Waals surface area (Å²) in [6, 6.07) is 8.91. The highest BCUT2D eigenvalue weighted by molar-refractivity contribution is 5.87. The molecule has 6 heteroatoms. The molecule has 1 fully saturated rings. The van der Waals surface area contributed by atoms with Crippen LogP contribution in [0.1, 0.15) is 6.92 Å². The summed E-state index contributed by atoms with van der Waals surface area (Å²) in [7, 11) is 0. The Bertz CT molecular complexity index is 1040. The van der Waals surface area contributed by atoms with Crippen LogP contribution in [0.3, 0.4) is 0 Å². The van der Waals surface area contributed by atoms with Crippen LogP contribution in [0.5, 0.6) is 0 Å². The number of aromatic nitrogens is 1. The number of hydrogen-bond acceptors (Lipinski definition) is 3. The molecule has 0 aliphatic carbocycles. The second-order valence-corrected chi connectivity index (χ2v) is 6.72. The summed E-state index contributed by atoms with van der Waals surface area (Å²) in [5.41, 5.74) is 2.06. The Morgan fingerprint density at radius 3 is 2.44 bits per heavy atom. The Morgan fingerprint density at radius 1 is 1.07 bits per heavy atom. The van der Waals surface area contributed by atoms with E-state index in [1.807, 2.05) is 16.4 Å². The van der Waals surface area contributed by atoms with Crippen LogP contribution in [0.25, 0.3) is 22.0 Å². The molecule has 1 aliphatic heterocycles. The number of halogens is 2. The van der Waals surface area contributed by atoms with Gasteiger partial charge in [0, 0.05) is 49.9 Å². The Hall–Kier alpha value is -2.73. The summed E-state index contributed by atoms with van der Waals surface area (Å²) in [5.74, 6) is -0.748. The van der Waals surface area contributed by atoms with E-state index >= 15 is 0 Å². The monoisotopic (exact) mass is 369 g/mol. The van der Waals surface area contributed by atoms with Crippen LogP contribution in [0.4, 0.5) is 14.5 Å². The minimum Gasteiger partial charge on any atom is -0.367 e. The average molecular weight is 369 g/mol. The van der Waals surface area contributed by atoms with Gasteiger partial charge in [-0.2, -0.15) is 0 Å². The van der Waals surface area contributed by atoms with Gasteiger partial charge in [0.05, 0.1) is 11.2 Å². The van der Waals surface area contributed by atoms with Crippen molar-refractivity contribution in [3.8, 4) is 11.1 Å². The molecule has 0 amide bonds. The lowest BCUT2D eigenvalue weighted by atomic mass is 10.0. The SMILES string of the molecule is CCn1cc(-c2ccc(F)cc2)c(=O)c2cc(F)c(N3CCNCC3)cc21. The van der Waals surface area contributed by atoms with Gasteiger partial charge in [0.15, 0.2) is 5.43 Å². The molecular weight excluding hydrogens is 348 g/mol. The molecular formula is C21H21F2N3O. The first-order chi connectivity index (χ1) is 13.1. The normalized spacial score (nSPS) is 14.7. The van der Waals surface area contributed by atoms with Gasteiger partial charge in [0.1, 0.15) is 11.6 Å². The minimum atomic E-state index is -0.389. The van der Waals surface area contributed by atoms with Crippen molar-refractivity contribution in [2.24, 2.45) is 0 Å². The van der Waals surface area contributed by atoms with Gasteiger partial charge < -0.3 is 14.8 Å². The highest BCUT2D eigenvalue weighted by atomic mass is 19.1. The van der Waals surface area contributed by atoms with Crippen molar-refractivity contribution in [2.45, 2.75) is 13.5 Å². The van der Waals surface area contributed by atoms with Crippen molar-refractivity contribution in [3.63, 3.8) is 0 Å². The Kier molecular flexibility index (Phi) is 4.66. The van der Waals surface area contributed by atoms with E-state index in [0.29, 0.717) is 34.3 Å². The van der Waals surface area contributed by atoms with E-state index in [1.54, 1.807) is 24.4 Å². The fourth-order valence-corrected chi connectivity index (χ4v) is 3.64. The second kappa shape index (κ2) is 7.12. The van der Waals surface area contributed by atoms with Crippen LogP contribution in [-0.2, 0) is 6.54 Å². The molecule has 4 rings (SSSR count). The van der Waals surface area contributed by atoms with Gasteiger partial charge in [-0.15, -0.1) is 0 Å². The number of benzene rings is 2. The Labute approximate surface area is 156 Å². The molecule has 1 saturated heterocycles. The van der Waals surface area contributed by atoms with E-state index in [2.05, 4.69) is 5.32 Å². The fraction of sp³-hybridized carbons (Fsp3) is 0.286. The number of aryl methyl sites for hydroxylation is 1. The van der Waals surface area contributed by atoms with Gasteiger partial charge in [-0.05, 0) is 36.8 Å². The molecule has 27 heavy (non-hydrogen) atoms. The van der Waals surface area contributed by atoms with E-state index in [0.717, 1.165) is 26.2 Å². The number of fused-ring (bicyclic) bond motifs is 1. The lowest BCUT2D eigenvalue weighted by Gasteiger charge is -2.30. The lowest BCUT2D eigenvalue weighted by Crippen LogP contribution is -2.43. The van der Waals surface area contributed by atoms with Crippen LogP contribution < -0.4 is 15.6 Å². The molecule has 4 nitrogen and oxygen atoms in total. The van der Waals surface area contributed by atoms with Crippen LogP contribution in [0.15, 0.2) is 47.4 Å². The molecule has 0 radical (unpaired) electrons. The molecule has 0 bridgehead atoms. The molecule has 0 spiro atoms. The average Bonchev–Trinajstić information content (AvgIpc) is 2.70. The van der Waals surface area contributed by atoms with Crippen LogP contribution in [0.2, 0.25) is 0 Å². The summed E-state index contributed by atoms with van der Waals surface area (Å²) in [6.07, 6.45) is 1.78. The standard InChI is InChI=1S/C21H21F2N3O/c1-2-25-13-17(14-3-5-15(22)6-4-14)21(27)16-11-18(23)20(12-19(16)25)26-9-7-24-8-10-26/h3-6,11-13,24H,2,7-10H2,1H3. The molecule has 0 atom stereocenters. The summed E-state index contributed by atoms with van der Waals surface area (Å²) < 4.78 is 30.0. The van der Waals surface area contributed by atoms with Gasteiger partial charge in [-0.3, -0.25) is 4.79 Å². The van der Waals surface area contributed by atoms with Gasteiger partial charge >= 0.3 is 0 Å². The molecule has 0 unspecified atom stereocenters. The number of nitrogens with zero attached hydrogens (tertiary/aromatic N) is 2. The topological polar surface area (TPSA) is 37.3 Å². The quantitative estimate of drug-likeness (QED) is 0.769. The minimum absolute atomic E-state index is 0.243. The second-order valence-electron chi connectivity index (χ2n) is 6.72. The summed E-state index contributed by atoms with van der Waals surface area (Å²) >= 11 is 0. The van der Waals surface area contributed by atoms with E-state index in [1.165, 1.54) is 18.2 Å². The Morgan fingerprint density at radius 2 is 1.78 bits per heavy atom. The third-order valence-electron chi connectivity index (χ3n) is 5.10. The summed E-state index contributed by atoms with van der Waals surface area (Å²) in [6.45, 7) is 5.69. The number of hydrogen-bond donors (Lipinski definition) is 1. The maximum Gasteiger partial charge on any atom is 0.197 e. The summed E-state index contributed by atoms with van der Waals surface area (Å²) in [5, 5.41) is 3.60. The first-order valence-electron chi connectivity index (χ1n) is 9.17. The third kappa shape index (κ3) is 3.21. The smallest absolute Gasteiger partial charge is 0.197 e. The lowest BCUT2D eigenvalue weighted by molar-refractivity contribution is 0.567. The van der Waals surface area contributed by atoms with Crippen LogP contribution in [0, 0.1) is 11.6 Å². The molecule has 2 aromatic carbocycles. The highest BCUT2D eigenvalue weighted by Crippen LogP contribution is 2.27. The molecule has 1 N–H and O–H groups in total. The first-order valence-corrected chi connectivity index (χ1v) is 9.17. The van der Waals surface area contributed by atoms with E-state index < -0.39 is 0 Å². The summed E-state index contributed by atoms with van der Waals surface area (Å²) in [4.78, 5) is 15.0. The zero-order valence-corrected chi connectivity index (χ0v) is 15.1. The van der Waals surface area contributed by atoms with Gasteiger partial charge in [0.2, 0.25) is 0 Å². The zero-order chi connectivity index (χ0) is 19.0. The van der Waals surface area contributed by atoms with Crippen molar-refractivity contribution >= 4 is 16.6 Å². The molecule has 2 heterocycles. The predicted octanol–water partition coefficient (Wildman–Crippen LogP) is 3.38. The Balaban J connectivity index is 1.91. The predicted molar refractivity (Wildman–Crippen MR) is 104 cm³/mol. The maximum absolute atomic E-state index is 14.8. The van der Waals surface area contributed by atoms with Crippen molar-refractivity contribution < 1.29 is 8.78 Å². The van der Waals surface area contributed by atoms with Crippen molar-refractivity contribution in [1.29, 1.82) is 0 Å².